The van der Waals surface area contributed by atoms with Crippen LogP contribution in [-0.4, -0.2) is 17.9 Å². The van der Waals surface area contributed by atoms with E-state index in [1.54, 1.807) is 0 Å². The van der Waals surface area contributed by atoms with Crippen molar-refractivity contribution in [3.05, 3.63) is 29.8 Å². The van der Waals surface area contributed by atoms with E-state index in [1.807, 2.05) is 31.2 Å². The highest BCUT2D eigenvalue weighted by Gasteiger charge is 2.57. The second kappa shape index (κ2) is 4.37. The van der Waals surface area contributed by atoms with Crippen molar-refractivity contribution in [1.82, 2.24) is 5.32 Å². The van der Waals surface area contributed by atoms with Gasteiger partial charge in [-0.15, -0.1) is 0 Å². The first-order valence-electron chi connectivity index (χ1n) is 6.79. The second-order valence-corrected chi connectivity index (χ2v) is 5.65. The number of aryl methyl sites for hydroxylation is 1. The Labute approximate surface area is 112 Å². The molecule has 2 aliphatic rings. The Morgan fingerprint density at radius 1 is 1.21 bits per heavy atom. The molecule has 1 aromatic rings. The Bertz CT molecular complexity index is 531. The van der Waals surface area contributed by atoms with Gasteiger partial charge in [-0.25, -0.2) is 0 Å². The van der Waals surface area contributed by atoms with E-state index in [0.717, 1.165) is 24.1 Å². The lowest BCUT2D eigenvalue weighted by Gasteiger charge is -2.15. The predicted molar refractivity (Wildman–Crippen MR) is 72.6 cm³/mol. The highest BCUT2D eigenvalue weighted by atomic mass is 16.2. The van der Waals surface area contributed by atoms with E-state index in [0.29, 0.717) is 18.9 Å². The summed E-state index contributed by atoms with van der Waals surface area (Å²) in [6.07, 6.45) is 3.40. The maximum atomic E-state index is 12.3. The third kappa shape index (κ3) is 2.48. The number of benzene rings is 1. The van der Waals surface area contributed by atoms with Crippen molar-refractivity contribution < 1.29 is 9.59 Å². The van der Waals surface area contributed by atoms with Gasteiger partial charge < -0.3 is 10.6 Å². The Balaban J connectivity index is 1.67. The van der Waals surface area contributed by atoms with Crippen LogP contribution in [0.5, 0.6) is 0 Å². The van der Waals surface area contributed by atoms with Crippen LogP contribution in [0.4, 0.5) is 5.69 Å². The lowest BCUT2D eigenvalue weighted by molar-refractivity contribution is -0.134. The van der Waals surface area contributed by atoms with Crippen molar-refractivity contribution >= 4 is 17.5 Å². The normalized spacial score (nSPS) is 19.6. The lowest BCUT2D eigenvalue weighted by atomic mass is 10.0. The summed E-state index contributed by atoms with van der Waals surface area (Å²) in [7, 11) is 0. The number of nitrogens with one attached hydrogen (secondary N) is 2. The van der Waals surface area contributed by atoms with Crippen molar-refractivity contribution in [2.75, 3.05) is 5.32 Å². The summed E-state index contributed by atoms with van der Waals surface area (Å²) < 4.78 is 0. The third-order valence-corrected chi connectivity index (χ3v) is 3.81. The van der Waals surface area contributed by atoms with Gasteiger partial charge in [0.25, 0.3) is 0 Å². The number of hydrogen-bond acceptors (Lipinski definition) is 2. The minimum atomic E-state index is -0.813. The molecular weight excluding hydrogens is 240 g/mol. The summed E-state index contributed by atoms with van der Waals surface area (Å²) in [6.45, 7) is 1.97. The summed E-state index contributed by atoms with van der Waals surface area (Å²) in [6, 6.07) is 7.93. The van der Waals surface area contributed by atoms with Gasteiger partial charge in [0.1, 0.15) is 5.41 Å². The van der Waals surface area contributed by atoms with E-state index < -0.39 is 5.41 Å². The van der Waals surface area contributed by atoms with E-state index in [-0.39, 0.29) is 11.8 Å². The zero-order valence-electron chi connectivity index (χ0n) is 11.0. The fraction of sp³-hybridized carbons (Fsp3) is 0.467. The second-order valence-electron chi connectivity index (χ2n) is 5.65. The molecule has 0 bridgehead atoms. The third-order valence-electron chi connectivity index (χ3n) is 3.81. The molecule has 0 aliphatic heterocycles. The van der Waals surface area contributed by atoms with Crippen LogP contribution in [0.1, 0.15) is 31.2 Å². The molecule has 2 fully saturated rings. The van der Waals surface area contributed by atoms with Gasteiger partial charge in [-0.05, 0) is 50.3 Å². The van der Waals surface area contributed by atoms with Crippen LogP contribution in [0.15, 0.2) is 24.3 Å². The van der Waals surface area contributed by atoms with Crippen LogP contribution in [-0.2, 0) is 9.59 Å². The minimum absolute atomic E-state index is 0.0971. The van der Waals surface area contributed by atoms with Gasteiger partial charge in [-0.3, -0.25) is 9.59 Å². The van der Waals surface area contributed by atoms with E-state index in [4.69, 9.17) is 0 Å². The molecule has 2 N–H and O–H groups in total. The monoisotopic (exact) mass is 258 g/mol. The molecule has 0 unspecified atom stereocenters. The Kier molecular flexibility index (Phi) is 2.81. The molecule has 2 saturated carbocycles. The standard InChI is InChI=1S/C15H18N2O2/c1-10-3-2-4-12(9-10)17-14(19)15(7-8-15)13(18)16-11-5-6-11/h2-4,9,11H,5-8H2,1H3,(H,16,18)(H,17,19). The fourth-order valence-corrected chi connectivity index (χ4v) is 2.21. The van der Waals surface area contributed by atoms with Crippen molar-refractivity contribution in [2.45, 2.75) is 38.6 Å². The highest BCUT2D eigenvalue weighted by molar-refractivity contribution is 6.13. The van der Waals surface area contributed by atoms with Crippen molar-refractivity contribution in [2.24, 2.45) is 5.41 Å². The molecule has 2 aliphatic carbocycles. The Morgan fingerprint density at radius 3 is 2.53 bits per heavy atom. The van der Waals surface area contributed by atoms with E-state index in [9.17, 15) is 9.59 Å². The van der Waals surface area contributed by atoms with E-state index in [1.165, 1.54) is 0 Å². The minimum Gasteiger partial charge on any atom is -0.352 e. The average molecular weight is 258 g/mol. The van der Waals surface area contributed by atoms with Crippen LogP contribution in [0.25, 0.3) is 0 Å². The van der Waals surface area contributed by atoms with Gasteiger partial charge in [0.05, 0.1) is 0 Å². The number of amides is 2. The van der Waals surface area contributed by atoms with Gasteiger partial charge in [-0.1, -0.05) is 12.1 Å². The zero-order valence-corrected chi connectivity index (χ0v) is 11.0. The summed E-state index contributed by atoms with van der Waals surface area (Å²) in [5.74, 6) is -0.267. The number of anilines is 1. The topological polar surface area (TPSA) is 58.2 Å². The molecule has 2 amide bonds. The maximum absolute atomic E-state index is 12.3. The zero-order chi connectivity index (χ0) is 13.5. The van der Waals surface area contributed by atoms with Crippen LogP contribution < -0.4 is 10.6 Å². The lowest BCUT2D eigenvalue weighted by Crippen LogP contribution is -2.40. The first-order valence-corrected chi connectivity index (χ1v) is 6.79. The fourth-order valence-electron chi connectivity index (χ4n) is 2.21. The molecule has 4 heteroatoms. The van der Waals surface area contributed by atoms with Crippen molar-refractivity contribution in [1.29, 1.82) is 0 Å². The molecule has 1 aromatic carbocycles. The van der Waals surface area contributed by atoms with Gasteiger partial charge >= 0.3 is 0 Å². The van der Waals surface area contributed by atoms with Crippen LogP contribution in [0.2, 0.25) is 0 Å². The Hall–Kier alpha value is -1.84. The first-order chi connectivity index (χ1) is 9.10. The molecule has 0 atom stereocenters. The van der Waals surface area contributed by atoms with Gasteiger partial charge in [0.15, 0.2) is 0 Å². The molecule has 0 saturated heterocycles. The number of rotatable bonds is 4. The molecular formula is C15H18N2O2. The SMILES string of the molecule is Cc1cccc(NC(=O)C2(C(=O)NC3CC3)CC2)c1. The van der Waals surface area contributed by atoms with Crippen molar-refractivity contribution in [3.63, 3.8) is 0 Å². The molecule has 19 heavy (non-hydrogen) atoms. The molecule has 100 valence electrons. The van der Waals surface area contributed by atoms with Crippen LogP contribution in [0.3, 0.4) is 0 Å². The van der Waals surface area contributed by atoms with Crippen LogP contribution >= 0.6 is 0 Å². The Morgan fingerprint density at radius 2 is 1.95 bits per heavy atom. The van der Waals surface area contributed by atoms with Gasteiger partial charge in [-0.2, -0.15) is 0 Å². The molecule has 0 heterocycles. The number of carbonyl (C=O) groups excluding carboxylic acids is 2. The van der Waals surface area contributed by atoms with E-state index >= 15 is 0 Å². The van der Waals surface area contributed by atoms with Crippen LogP contribution in [0, 0.1) is 12.3 Å². The highest BCUT2D eigenvalue weighted by Crippen LogP contribution is 2.47. The molecule has 0 aromatic heterocycles. The summed E-state index contributed by atoms with van der Waals surface area (Å²) in [5, 5.41) is 5.80. The molecule has 3 rings (SSSR count). The maximum Gasteiger partial charge on any atom is 0.240 e. The summed E-state index contributed by atoms with van der Waals surface area (Å²) in [4.78, 5) is 24.4. The first kappa shape index (κ1) is 12.2. The molecule has 0 radical (unpaired) electrons. The summed E-state index contributed by atoms with van der Waals surface area (Å²) >= 11 is 0. The van der Waals surface area contributed by atoms with Gasteiger partial charge in [0.2, 0.25) is 11.8 Å². The number of hydrogen-bond donors (Lipinski definition) is 2. The summed E-state index contributed by atoms with van der Waals surface area (Å²) in [5.41, 5.74) is 1.03. The smallest absolute Gasteiger partial charge is 0.240 e. The van der Waals surface area contributed by atoms with Crippen molar-refractivity contribution in [3.8, 4) is 0 Å². The molecule has 0 spiro atoms. The average Bonchev–Trinajstić information content (AvgIpc) is 3.24. The van der Waals surface area contributed by atoms with Gasteiger partial charge in [0, 0.05) is 11.7 Å². The number of carbonyl (C=O) groups is 2. The molecule has 4 nitrogen and oxygen atoms in total. The van der Waals surface area contributed by atoms with E-state index in [2.05, 4.69) is 10.6 Å². The quantitative estimate of drug-likeness (QED) is 0.811. The predicted octanol–water partition coefficient (Wildman–Crippen LogP) is 1.99. The largest absolute Gasteiger partial charge is 0.352 e.